The second kappa shape index (κ2) is 5.54. The van der Waals surface area contributed by atoms with Gasteiger partial charge in [-0.1, -0.05) is 25.5 Å². The smallest absolute Gasteiger partial charge is 0.187 e. The largest absolute Gasteiger partial charge is 0.394 e. The molecule has 1 heterocycles. The first kappa shape index (κ1) is 16.4. The van der Waals surface area contributed by atoms with E-state index >= 15 is 0 Å². The van der Waals surface area contributed by atoms with E-state index < -0.39 is 37.3 Å². The molecule has 0 aromatic heterocycles. The van der Waals surface area contributed by atoms with Crippen LogP contribution in [0.4, 0.5) is 0 Å². The Morgan fingerprint density at radius 2 is 1.91 bits per heavy atom. The van der Waals surface area contributed by atoms with Gasteiger partial charge in [-0.25, -0.2) is 0 Å². The van der Waals surface area contributed by atoms with Gasteiger partial charge in [0.05, 0.1) is 12.7 Å². The van der Waals surface area contributed by atoms with Crippen LogP contribution < -0.4 is 0 Å². The maximum Gasteiger partial charge on any atom is 0.187 e. The summed E-state index contributed by atoms with van der Waals surface area (Å²) in [4.78, 5) is 0. The Hall–Kier alpha value is -0.500. The van der Waals surface area contributed by atoms with Crippen molar-refractivity contribution in [2.45, 2.75) is 64.0 Å². The molecule has 126 valence electrons. The maximum atomic E-state index is 10.1. The molecule has 0 radical (unpaired) electrons. The molecule has 4 aliphatic rings. The van der Waals surface area contributed by atoms with Gasteiger partial charge in [-0.3, -0.25) is 0 Å². The lowest BCUT2D eigenvalue weighted by Crippen LogP contribution is -2.61. The number of hydrogen-bond donors (Lipinski definition) is 4. The molecule has 0 aromatic rings. The molecule has 4 rings (SSSR count). The van der Waals surface area contributed by atoms with Crippen molar-refractivity contribution in [2.75, 3.05) is 6.61 Å². The van der Waals surface area contributed by atoms with Crippen molar-refractivity contribution in [3.8, 4) is 0 Å². The highest BCUT2D eigenvalue weighted by molar-refractivity contribution is 5.25. The number of rotatable bonds is 3. The molecule has 2 bridgehead atoms. The molecular weight excluding hydrogens is 288 g/mol. The monoisotopic (exact) mass is 314 g/mol. The molecule has 1 saturated carbocycles. The summed E-state index contributed by atoms with van der Waals surface area (Å²) >= 11 is 0. The SMILES string of the molecule is CC1=CC(OC2OC(CO)C(O)C(O)C2O)C2CC1C2(C)C. The Morgan fingerprint density at radius 1 is 1.23 bits per heavy atom. The van der Waals surface area contributed by atoms with E-state index in [2.05, 4.69) is 26.8 Å². The normalized spacial score (nSPS) is 50.2. The van der Waals surface area contributed by atoms with Gasteiger partial charge in [0.15, 0.2) is 6.29 Å². The van der Waals surface area contributed by atoms with Gasteiger partial charge in [-0.2, -0.15) is 0 Å². The summed E-state index contributed by atoms with van der Waals surface area (Å²) in [5.74, 6) is 0.917. The van der Waals surface area contributed by atoms with Crippen molar-refractivity contribution in [1.82, 2.24) is 0 Å². The lowest BCUT2D eigenvalue weighted by atomic mass is 9.48. The van der Waals surface area contributed by atoms with Gasteiger partial charge in [0.2, 0.25) is 0 Å². The van der Waals surface area contributed by atoms with Crippen LogP contribution in [0.1, 0.15) is 27.2 Å². The number of aliphatic hydroxyl groups is 4. The van der Waals surface area contributed by atoms with Crippen LogP contribution in [0.3, 0.4) is 0 Å². The van der Waals surface area contributed by atoms with Crippen LogP contribution >= 0.6 is 0 Å². The quantitative estimate of drug-likeness (QED) is 0.538. The van der Waals surface area contributed by atoms with Crippen LogP contribution in [0.5, 0.6) is 0 Å². The molecule has 8 atom stereocenters. The van der Waals surface area contributed by atoms with E-state index in [4.69, 9.17) is 9.47 Å². The van der Waals surface area contributed by atoms with Gasteiger partial charge in [-0.15, -0.1) is 0 Å². The fourth-order valence-corrected chi connectivity index (χ4v) is 4.25. The number of ether oxygens (including phenoxy) is 2. The van der Waals surface area contributed by atoms with E-state index in [0.29, 0.717) is 11.8 Å². The zero-order valence-corrected chi connectivity index (χ0v) is 13.2. The predicted molar refractivity (Wildman–Crippen MR) is 77.8 cm³/mol. The fraction of sp³-hybridized carbons (Fsp3) is 0.875. The minimum Gasteiger partial charge on any atom is -0.394 e. The molecule has 6 heteroatoms. The van der Waals surface area contributed by atoms with Gasteiger partial charge < -0.3 is 29.9 Å². The lowest BCUT2D eigenvalue weighted by Gasteiger charge is -2.59. The van der Waals surface area contributed by atoms with Crippen LogP contribution in [-0.4, -0.2) is 63.8 Å². The highest BCUT2D eigenvalue weighted by Crippen LogP contribution is 2.59. The summed E-state index contributed by atoms with van der Waals surface area (Å²) in [5.41, 5.74) is 1.43. The van der Waals surface area contributed by atoms with E-state index in [-0.39, 0.29) is 11.5 Å². The van der Waals surface area contributed by atoms with Gasteiger partial charge in [-0.05, 0) is 30.6 Å². The molecule has 8 unspecified atom stereocenters. The Morgan fingerprint density at radius 3 is 2.45 bits per heavy atom. The molecule has 4 N–H and O–H groups in total. The number of allylic oxidation sites excluding steroid dienone is 1. The van der Waals surface area contributed by atoms with Gasteiger partial charge in [0.25, 0.3) is 0 Å². The zero-order chi connectivity index (χ0) is 16.2. The highest BCUT2D eigenvalue weighted by Gasteiger charge is 2.56. The van der Waals surface area contributed by atoms with Crippen molar-refractivity contribution in [1.29, 1.82) is 0 Å². The zero-order valence-electron chi connectivity index (χ0n) is 13.2. The van der Waals surface area contributed by atoms with E-state index in [9.17, 15) is 20.4 Å². The third-order valence-corrected chi connectivity index (χ3v) is 5.86. The molecule has 0 aromatic carbocycles. The molecule has 22 heavy (non-hydrogen) atoms. The van der Waals surface area contributed by atoms with Gasteiger partial charge >= 0.3 is 0 Å². The molecule has 3 aliphatic carbocycles. The first-order valence-electron chi connectivity index (χ1n) is 7.91. The highest BCUT2D eigenvalue weighted by atomic mass is 16.7. The Labute approximate surface area is 130 Å². The van der Waals surface area contributed by atoms with Crippen molar-refractivity contribution in [3.05, 3.63) is 11.6 Å². The van der Waals surface area contributed by atoms with E-state index in [1.165, 1.54) is 5.57 Å². The summed E-state index contributed by atoms with van der Waals surface area (Å²) in [6, 6.07) is 0. The van der Waals surface area contributed by atoms with Gasteiger partial charge in [0.1, 0.15) is 24.4 Å². The van der Waals surface area contributed by atoms with Crippen LogP contribution in [0.15, 0.2) is 11.6 Å². The first-order valence-corrected chi connectivity index (χ1v) is 7.91. The molecule has 1 saturated heterocycles. The minimum absolute atomic E-state index is 0.150. The average Bonchev–Trinajstić information content (AvgIpc) is 2.46. The first-order chi connectivity index (χ1) is 10.3. The standard InChI is InChI=1S/C16H26O6/c1-7-4-10(9-5-8(7)16(9,2)3)21-15-14(20)13(19)12(18)11(6-17)22-15/h4,8-15,17-20H,5-6H2,1-3H3. The third kappa shape index (κ3) is 2.33. The molecule has 0 amide bonds. The van der Waals surface area contributed by atoms with Crippen LogP contribution in [0.2, 0.25) is 0 Å². The Kier molecular flexibility index (Phi) is 4.12. The minimum atomic E-state index is -1.40. The fourth-order valence-electron chi connectivity index (χ4n) is 4.25. The Balaban J connectivity index is 1.74. The number of hydrogen-bond acceptors (Lipinski definition) is 6. The van der Waals surface area contributed by atoms with Crippen LogP contribution in [0.25, 0.3) is 0 Å². The summed E-state index contributed by atoms with van der Waals surface area (Å²) in [6.45, 7) is 6.07. The van der Waals surface area contributed by atoms with Crippen molar-refractivity contribution < 1.29 is 29.9 Å². The maximum absolute atomic E-state index is 10.1. The predicted octanol–water partition coefficient (Wildman–Crippen LogP) is -0.206. The second-order valence-electron chi connectivity index (χ2n) is 7.42. The average molecular weight is 314 g/mol. The van der Waals surface area contributed by atoms with Crippen LogP contribution in [0, 0.1) is 17.3 Å². The topological polar surface area (TPSA) is 99.4 Å². The second-order valence-corrected chi connectivity index (χ2v) is 7.42. The molecule has 0 spiro atoms. The Bertz CT molecular complexity index is 460. The van der Waals surface area contributed by atoms with Crippen molar-refractivity contribution >= 4 is 0 Å². The van der Waals surface area contributed by atoms with Crippen molar-refractivity contribution in [2.24, 2.45) is 17.3 Å². The summed E-state index contributed by atoms with van der Waals surface area (Å²) in [6.07, 6.45) is -3.16. The summed E-state index contributed by atoms with van der Waals surface area (Å²) in [7, 11) is 0. The number of aliphatic hydroxyl groups excluding tert-OH is 4. The van der Waals surface area contributed by atoms with E-state index in [1.54, 1.807) is 0 Å². The summed E-state index contributed by atoms with van der Waals surface area (Å²) in [5, 5.41) is 39.0. The third-order valence-electron chi connectivity index (χ3n) is 5.86. The van der Waals surface area contributed by atoms with E-state index in [1.807, 2.05) is 0 Å². The molecule has 6 nitrogen and oxygen atoms in total. The van der Waals surface area contributed by atoms with Crippen LogP contribution in [-0.2, 0) is 9.47 Å². The summed E-state index contributed by atoms with van der Waals surface area (Å²) < 4.78 is 11.4. The number of fused-ring (bicyclic) bond motifs is 1. The molecular formula is C16H26O6. The molecule has 2 fully saturated rings. The van der Waals surface area contributed by atoms with E-state index in [0.717, 1.165) is 6.42 Å². The lowest BCUT2D eigenvalue weighted by molar-refractivity contribution is -0.318. The van der Waals surface area contributed by atoms with Gasteiger partial charge in [0, 0.05) is 0 Å². The van der Waals surface area contributed by atoms with Crippen molar-refractivity contribution in [3.63, 3.8) is 0 Å². The molecule has 1 aliphatic heterocycles.